The summed E-state index contributed by atoms with van der Waals surface area (Å²) < 4.78 is 1.90. The van der Waals surface area contributed by atoms with Crippen molar-refractivity contribution < 1.29 is 15.0 Å². The number of imidazole rings is 1. The maximum atomic E-state index is 11.3. The largest absolute Gasteiger partial charge is 0.478 e. The zero-order chi connectivity index (χ0) is 14.5. The Bertz CT molecular complexity index is 586. The molecule has 1 heterocycles. The van der Waals surface area contributed by atoms with Crippen molar-refractivity contribution in [3.63, 3.8) is 0 Å². The standard InChI is InChI=1S/C15H20N2O3/c1-2-4-11(7-8-18)9-17-10-16-13-6-3-5-12(14(13)17)15(19)20/h3,5-6,10-11,18H,2,4,7-9H2,1H3,(H,19,20). The Morgan fingerprint density at radius 1 is 1.40 bits per heavy atom. The fourth-order valence-electron chi connectivity index (χ4n) is 2.63. The summed E-state index contributed by atoms with van der Waals surface area (Å²) in [5, 5.41) is 18.4. The van der Waals surface area contributed by atoms with Crippen LogP contribution in [-0.4, -0.2) is 32.3 Å². The molecule has 0 fully saturated rings. The number of benzene rings is 1. The molecule has 2 rings (SSSR count). The van der Waals surface area contributed by atoms with E-state index in [4.69, 9.17) is 5.11 Å². The van der Waals surface area contributed by atoms with Gasteiger partial charge >= 0.3 is 5.97 Å². The van der Waals surface area contributed by atoms with E-state index in [1.165, 1.54) is 0 Å². The molecule has 0 radical (unpaired) electrons. The molecule has 5 nitrogen and oxygen atoms in total. The number of carboxylic acids is 1. The molecular weight excluding hydrogens is 256 g/mol. The Morgan fingerprint density at radius 3 is 2.85 bits per heavy atom. The predicted octanol–water partition coefficient (Wildman–Crippen LogP) is 2.53. The van der Waals surface area contributed by atoms with E-state index in [2.05, 4.69) is 11.9 Å². The zero-order valence-corrected chi connectivity index (χ0v) is 11.6. The lowest BCUT2D eigenvalue weighted by molar-refractivity contribution is 0.0698. The lowest BCUT2D eigenvalue weighted by Crippen LogP contribution is -2.13. The minimum atomic E-state index is -0.938. The van der Waals surface area contributed by atoms with Crippen molar-refractivity contribution in [1.29, 1.82) is 0 Å². The van der Waals surface area contributed by atoms with Gasteiger partial charge in [-0.05, 0) is 30.9 Å². The van der Waals surface area contributed by atoms with Crippen LogP contribution in [0, 0.1) is 5.92 Å². The first-order chi connectivity index (χ1) is 9.67. The molecule has 0 aliphatic heterocycles. The number of aromatic nitrogens is 2. The van der Waals surface area contributed by atoms with Gasteiger partial charge in [0, 0.05) is 13.2 Å². The van der Waals surface area contributed by atoms with Crippen LogP contribution >= 0.6 is 0 Å². The van der Waals surface area contributed by atoms with Gasteiger partial charge in [0.05, 0.1) is 22.9 Å². The highest BCUT2D eigenvalue weighted by molar-refractivity contribution is 6.01. The maximum Gasteiger partial charge on any atom is 0.337 e. The monoisotopic (exact) mass is 276 g/mol. The second-order valence-corrected chi connectivity index (χ2v) is 5.04. The number of aliphatic hydroxyl groups excluding tert-OH is 1. The highest BCUT2D eigenvalue weighted by atomic mass is 16.4. The van der Waals surface area contributed by atoms with Crippen molar-refractivity contribution in [2.75, 3.05) is 6.61 Å². The second-order valence-electron chi connectivity index (χ2n) is 5.04. The van der Waals surface area contributed by atoms with E-state index in [0.717, 1.165) is 19.3 Å². The van der Waals surface area contributed by atoms with E-state index in [1.807, 2.05) is 10.6 Å². The summed E-state index contributed by atoms with van der Waals surface area (Å²) in [6, 6.07) is 5.13. The quantitative estimate of drug-likeness (QED) is 0.815. The summed E-state index contributed by atoms with van der Waals surface area (Å²) in [7, 11) is 0. The molecule has 0 saturated heterocycles. The first-order valence-corrected chi connectivity index (χ1v) is 6.95. The average Bonchev–Trinajstić information content (AvgIpc) is 2.82. The number of aliphatic hydroxyl groups is 1. The van der Waals surface area contributed by atoms with E-state index in [0.29, 0.717) is 23.5 Å². The van der Waals surface area contributed by atoms with Crippen LogP contribution in [0.4, 0.5) is 0 Å². The van der Waals surface area contributed by atoms with Crippen molar-refractivity contribution in [2.24, 2.45) is 5.92 Å². The fourth-order valence-corrected chi connectivity index (χ4v) is 2.63. The van der Waals surface area contributed by atoms with E-state index >= 15 is 0 Å². The van der Waals surface area contributed by atoms with Crippen molar-refractivity contribution in [1.82, 2.24) is 9.55 Å². The van der Waals surface area contributed by atoms with Crippen molar-refractivity contribution in [3.8, 4) is 0 Å². The van der Waals surface area contributed by atoms with E-state index in [1.54, 1.807) is 18.5 Å². The molecule has 2 N–H and O–H groups in total. The molecular formula is C15H20N2O3. The first kappa shape index (κ1) is 14.5. The highest BCUT2D eigenvalue weighted by Crippen LogP contribution is 2.21. The smallest absolute Gasteiger partial charge is 0.337 e. The van der Waals surface area contributed by atoms with Crippen LogP contribution in [0.2, 0.25) is 0 Å². The Kier molecular flexibility index (Phi) is 4.74. The minimum absolute atomic E-state index is 0.156. The van der Waals surface area contributed by atoms with Crippen molar-refractivity contribution in [2.45, 2.75) is 32.7 Å². The van der Waals surface area contributed by atoms with Gasteiger partial charge in [-0.25, -0.2) is 9.78 Å². The van der Waals surface area contributed by atoms with Crippen LogP contribution in [-0.2, 0) is 6.54 Å². The molecule has 1 atom stereocenters. The van der Waals surface area contributed by atoms with Gasteiger partial charge in [0.2, 0.25) is 0 Å². The summed E-state index contributed by atoms with van der Waals surface area (Å²) in [4.78, 5) is 15.6. The molecule has 1 aromatic carbocycles. The summed E-state index contributed by atoms with van der Waals surface area (Å²) in [6.07, 6.45) is 4.47. The van der Waals surface area contributed by atoms with Crippen LogP contribution in [0.25, 0.3) is 11.0 Å². The summed E-state index contributed by atoms with van der Waals surface area (Å²) in [5.41, 5.74) is 1.64. The van der Waals surface area contributed by atoms with Crippen LogP contribution in [0.1, 0.15) is 36.5 Å². The van der Waals surface area contributed by atoms with Gasteiger partial charge in [-0.15, -0.1) is 0 Å². The molecule has 5 heteroatoms. The van der Waals surface area contributed by atoms with E-state index in [9.17, 15) is 9.90 Å². The number of aromatic carboxylic acids is 1. The summed E-state index contributed by atoms with van der Waals surface area (Å²) in [5.74, 6) is -0.601. The topological polar surface area (TPSA) is 75.3 Å². The predicted molar refractivity (Wildman–Crippen MR) is 76.8 cm³/mol. The molecule has 0 saturated carbocycles. The molecule has 0 aliphatic rings. The molecule has 1 aromatic heterocycles. The molecule has 0 amide bonds. The second kappa shape index (κ2) is 6.52. The number of carboxylic acid groups (broad SMARTS) is 1. The van der Waals surface area contributed by atoms with Crippen LogP contribution in [0.3, 0.4) is 0 Å². The Hall–Kier alpha value is -1.88. The third-order valence-electron chi connectivity index (χ3n) is 3.56. The molecule has 0 aliphatic carbocycles. The van der Waals surface area contributed by atoms with Crippen molar-refractivity contribution in [3.05, 3.63) is 30.1 Å². The van der Waals surface area contributed by atoms with Gasteiger partial charge in [-0.1, -0.05) is 19.4 Å². The highest BCUT2D eigenvalue weighted by Gasteiger charge is 2.15. The number of fused-ring (bicyclic) bond motifs is 1. The van der Waals surface area contributed by atoms with Gasteiger partial charge in [-0.2, -0.15) is 0 Å². The lowest BCUT2D eigenvalue weighted by Gasteiger charge is -2.16. The van der Waals surface area contributed by atoms with Crippen LogP contribution in [0.5, 0.6) is 0 Å². The molecule has 20 heavy (non-hydrogen) atoms. The molecule has 0 bridgehead atoms. The van der Waals surface area contributed by atoms with Crippen LogP contribution in [0.15, 0.2) is 24.5 Å². The van der Waals surface area contributed by atoms with E-state index in [-0.39, 0.29) is 12.2 Å². The van der Waals surface area contributed by atoms with Gasteiger partial charge in [0.25, 0.3) is 0 Å². The lowest BCUT2D eigenvalue weighted by atomic mass is 10.00. The Balaban J connectivity index is 2.36. The molecule has 108 valence electrons. The first-order valence-electron chi connectivity index (χ1n) is 6.95. The fraction of sp³-hybridized carbons (Fsp3) is 0.467. The number of hydrogen-bond acceptors (Lipinski definition) is 3. The molecule has 0 spiro atoms. The zero-order valence-electron chi connectivity index (χ0n) is 11.6. The van der Waals surface area contributed by atoms with E-state index < -0.39 is 5.97 Å². The number of carbonyl (C=O) groups is 1. The van der Waals surface area contributed by atoms with Gasteiger partial charge in [0.1, 0.15) is 0 Å². The van der Waals surface area contributed by atoms with Gasteiger partial charge in [0.15, 0.2) is 0 Å². The minimum Gasteiger partial charge on any atom is -0.478 e. The van der Waals surface area contributed by atoms with Gasteiger partial charge < -0.3 is 14.8 Å². The summed E-state index contributed by atoms with van der Waals surface area (Å²) in [6.45, 7) is 2.96. The number of nitrogens with zero attached hydrogens (tertiary/aromatic N) is 2. The molecule has 1 unspecified atom stereocenters. The third kappa shape index (κ3) is 2.99. The van der Waals surface area contributed by atoms with Gasteiger partial charge in [-0.3, -0.25) is 0 Å². The number of hydrogen-bond donors (Lipinski definition) is 2. The SMILES string of the molecule is CCCC(CCO)Cn1cnc2cccc(C(=O)O)c21. The normalized spacial score (nSPS) is 12.7. The number of para-hydroxylation sites is 1. The third-order valence-corrected chi connectivity index (χ3v) is 3.56. The summed E-state index contributed by atoms with van der Waals surface area (Å²) >= 11 is 0. The number of rotatable bonds is 7. The van der Waals surface area contributed by atoms with Crippen molar-refractivity contribution >= 4 is 17.0 Å². The average molecular weight is 276 g/mol. The maximum absolute atomic E-state index is 11.3. The Morgan fingerprint density at radius 2 is 2.20 bits per heavy atom. The molecule has 2 aromatic rings. The van der Waals surface area contributed by atoms with Crippen LogP contribution < -0.4 is 0 Å². The Labute approximate surface area is 117 Å².